The van der Waals surface area contributed by atoms with Gasteiger partial charge in [-0.15, -0.1) is 0 Å². The molecule has 2 aromatic rings. The van der Waals surface area contributed by atoms with E-state index in [2.05, 4.69) is 9.88 Å². The molecule has 0 atom stereocenters. The molecule has 0 unspecified atom stereocenters. The summed E-state index contributed by atoms with van der Waals surface area (Å²) in [5.74, 6) is -0.554. The molecular weight excluding hydrogens is 361 g/mol. The summed E-state index contributed by atoms with van der Waals surface area (Å²) >= 11 is 0. The molecule has 1 saturated heterocycles. The van der Waals surface area contributed by atoms with Gasteiger partial charge in [-0.1, -0.05) is 0 Å². The predicted molar refractivity (Wildman–Crippen MR) is 105 cm³/mol. The van der Waals surface area contributed by atoms with E-state index in [9.17, 15) is 14.0 Å². The first kappa shape index (κ1) is 19.9. The van der Waals surface area contributed by atoms with Crippen molar-refractivity contribution in [1.29, 1.82) is 0 Å². The van der Waals surface area contributed by atoms with Crippen LogP contribution in [0.3, 0.4) is 0 Å². The summed E-state index contributed by atoms with van der Waals surface area (Å²) in [6.45, 7) is 3.00. The van der Waals surface area contributed by atoms with Crippen LogP contribution < -0.4 is 10.6 Å². The van der Waals surface area contributed by atoms with Crippen molar-refractivity contribution in [2.75, 3.05) is 44.7 Å². The lowest BCUT2D eigenvalue weighted by atomic mass is 10.1. The zero-order valence-electron chi connectivity index (χ0n) is 15.8. The van der Waals surface area contributed by atoms with E-state index < -0.39 is 0 Å². The lowest BCUT2D eigenvalue weighted by Gasteiger charge is -2.36. The standard InChI is InChI=1S/C20H24FN5O2/c1-24-8-10-25(11-9-24)20(28)26(18-6-3-16(21)4-7-18)14-17-5-2-15(13-23-17)19(27)12-22/h2-7,13H,8-12,14,22H2,1H3. The molecule has 2 amide bonds. The van der Waals surface area contributed by atoms with E-state index in [0.717, 1.165) is 13.1 Å². The smallest absolute Gasteiger partial charge is 0.324 e. The second-order valence-corrected chi connectivity index (χ2v) is 6.80. The molecule has 1 fully saturated rings. The summed E-state index contributed by atoms with van der Waals surface area (Å²) in [6, 6.07) is 9.03. The van der Waals surface area contributed by atoms with Crippen molar-refractivity contribution in [1.82, 2.24) is 14.8 Å². The van der Waals surface area contributed by atoms with E-state index in [1.807, 2.05) is 7.05 Å². The molecule has 148 valence electrons. The number of benzene rings is 1. The SMILES string of the molecule is CN1CCN(C(=O)N(Cc2ccc(C(=O)CN)cn2)c2ccc(F)cc2)CC1. The number of hydrogen-bond donors (Lipinski definition) is 1. The van der Waals surface area contributed by atoms with Gasteiger partial charge in [0.05, 0.1) is 18.8 Å². The van der Waals surface area contributed by atoms with Crippen LogP contribution in [0.4, 0.5) is 14.9 Å². The van der Waals surface area contributed by atoms with Gasteiger partial charge >= 0.3 is 6.03 Å². The van der Waals surface area contributed by atoms with Crippen molar-refractivity contribution < 1.29 is 14.0 Å². The van der Waals surface area contributed by atoms with E-state index in [1.54, 1.807) is 34.1 Å². The van der Waals surface area contributed by atoms with Crippen molar-refractivity contribution in [3.8, 4) is 0 Å². The van der Waals surface area contributed by atoms with Gasteiger partial charge in [0.2, 0.25) is 0 Å². The third kappa shape index (κ3) is 4.71. The monoisotopic (exact) mass is 385 g/mol. The molecule has 0 bridgehead atoms. The molecule has 7 nitrogen and oxygen atoms in total. The molecule has 1 aliphatic rings. The Morgan fingerprint density at radius 3 is 2.36 bits per heavy atom. The van der Waals surface area contributed by atoms with Crippen molar-refractivity contribution >= 4 is 17.5 Å². The van der Waals surface area contributed by atoms with E-state index >= 15 is 0 Å². The van der Waals surface area contributed by atoms with Gasteiger partial charge in [0.1, 0.15) is 5.82 Å². The van der Waals surface area contributed by atoms with E-state index in [1.165, 1.54) is 18.3 Å². The number of amides is 2. The molecule has 3 rings (SSSR count). The highest BCUT2D eigenvalue weighted by Gasteiger charge is 2.25. The van der Waals surface area contributed by atoms with Gasteiger partial charge < -0.3 is 15.5 Å². The molecule has 2 heterocycles. The Morgan fingerprint density at radius 1 is 1.11 bits per heavy atom. The summed E-state index contributed by atoms with van der Waals surface area (Å²) < 4.78 is 13.4. The lowest BCUT2D eigenvalue weighted by Crippen LogP contribution is -2.52. The number of urea groups is 1. The minimum Gasteiger partial charge on any atom is -0.324 e. The third-order valence-electron chi connectivity index (χ3n) is 4.80. The number of rotatable bonds is 5. The van der Waals surface area contributed by atoms with Gasteiger partial charge in [0.15, 0.2) is 5.78 Å². The zero-order chi connectivity index (χ0) is 20.1. The number of ketones is 1. The van der Waals surface area contributed by atoms with Crippen LogP contribution in [0.2, 0.25) is 0 Å². The summed E-state index contributed by atoms with van der Waals surface area (Å²) in [5, 5.41) is 0. The number of halogens is 1. The highest BCUT2D eigenvalue weighted by molar-refractivity contribution is 5.97. The zero-order valence-corrected chi connectivity index (χ0v) is 15.8. The first-order valence-corrected chi connectivity index (χ1v) is 9.16. The number of pyridine rings is 1. The normalized spacial score (nSPS) is 14.8. The van der Waals surface area contributed by atoms with Gasteiger partial charge in [-0.05, 0) is 43.4 Å². The van der Waals surface area contributed by atoms with Crippen LogP contribution in [-0.4, -0.2) is 66.4 Å². The maximum absolute atomic E-state index is 13.4. The minimum absolute atomic E-state index is 0.0787. The molecule has 0 aliphatic carbocycles. The topological polar surface area (TPSA) is 82.8 Å². The second-order valence-electron chi connectivity index (χ2n) is 6.80. The van der Waals surface area contributed by atoms with E-state index in [-0.39, 0.29) is 30.7 Å². The fraction of sp³-hybridized carbons (Fsp3) is 0.350. The number of hydrogen-bond acceptors (Lipinski definition) is 5. The molecule has 0 radical (unpaired) electrons. The Bertz CT molecular complexity index is 817. The lowest BCUT2D eigenvalue weighted by molar-refractivity contribution is 0.100. The molecule has 2 N–H and O–H groups in total. The Labute approximate surface area is 163 Å². The summed E-state index contributed by atoms with van der Waals surface area (Å²) in [4.78, 5) is 34.7. The maximum atomic E-state index is 13.4. The van der Waals surface area contributed by atoms with Crippen LogP contribution in [0.5, 0.6) is 0 Å². The highest BCUT2D eigenvalue weighted by atomic mass is 19.1. The number of piperazine rings is 1. The first-order chi connectivity index (χ1) is 13.5. The Balaban J connectivity index is 1.82. The number of carbonyl (C=O) groups excluding carboxylic acids is 2. The predicted octanol–water partition coefficient (Wildman–Crippen LogP) is 1.74. The van der Waals surface area contributed by atoms with Crippen molar-refractivity contribution in [3.05, 3.63) is 59.7 Å². The van der Waals surface area contributed by atoms with Crippen LogP contribution in [0, 0.1) is 5.82 Å². The van der Waals surface area contributed by atoms with Crippen molar-refractivity contribution in [2.24, 2.45) is 5.73 Å². The number of Topliss-reactive ketones (excluding diaryl/α,β-unsaturated/α-hetero) is 1. The van der Waals surface area contributed by atoms with Crippen molar-refractivity contribution in [3.63, 3.8) is 0 Å². The molecule has 1 aromatic heterocycles. The Morgan fingerprint density at radius 2 is 1.79 bits per heavy atom. The highest BCUT2D eigenvalue weighted by Crippen LogP contribution is 2.20. The van der Waals surface area contributed by atoms with Gasteiger partial charge in [-0.3, -0.25) is 14.7 Å². The Kier molecular flexibility index (Phi) is 6.33. The largest absolute Gasteiger partial charge is 0.324 e. The van der Waals surface area contributed by atoms with Gasteiger partial charge in [0, 0.05) is 43.6 Å². The van der Waals surface area contributed by atoms with E-state index in [0.29, 0.717) is 30.0 Å². The molecule has 1 aromatic carbocycles. The van der Waals surface area contributed by atoms with Crippen molar-refractivity contribution in [2.45, 2.75) is 6.54 Å². The number of nitrogens with zero attached hydrogens (tertiary/aromatic N) is 4. The van der Waals surface area contributed by atoms with Crippen LogP contribution in [0.25, 0.3) is 0 Å². The third-order valence-corrected chi connectivity index (χ3v) is 4.80. The number of likely N-dealkylation sites (N-methyl/N-ethyl adjacent to an activating group) is 1. The molecule has 28 heavy (non-hydrogen) atoms. The number of aromatic nitrogens is 1. The second kappa shape index (κ2) is 8.90. The van der Waals surface area contributed by atoms with Crippen LogP contribution in [-0.2, 0) is 6.54 Å². The van der Waals surface area contributed by atoms with Gasteiger partial charge in [-0.2, -0.15) is 0 Å². The van der Waals surface area contributed by atoms with Crippen LogP contribution in [0.15, 0.2) is 42.6 Å². The minimum atomic E-state index is -0.362. The summed E-state index contributed by atoms with van der Waals surface area (Å²) in [5.41, 5.74) is 7.03. The fourth-order valence-electron chi connectivity index (χ4n) is 3.02. The first-order valence-electron chi connectivity index (χ1n) is 9.16. The molecular formula is C20H24FN5O2. The fourth-order valence-corrected chi connectivity index (χ4v) is 3.02. The average Bonchev–Trinajstić information content (AvgIpc) is 2.73. The maximum Gasteiger partial charge on any atom is 0.324 e. The van der Waals surface area contributed by atoms with Gasteiger partial charge in [0.25, 0.3) is 0 Å². The average molecular weight is 385 g/mol. The Hall–Kier alpha value is -2.84. The van der Waals surface area contributed by atoms with Gasteiger partial charge in [-0.25, -0.2) is 9.18 Å². The van der Waals surface area contributed by atoms with E-state index in [4.69, 9.17) is 5.73 Å². The molecule has 0 saturated carbocycles. The summed E-state index contributed by atoms with van der Waals surface area (Å²) in [7, 11) is 2.02. The van der Waals surface area contributed by atoms with Crippen LogP contribution in [0.1, 0.15) is 16.1 Å². The molecule has 0 spiro atoms. The number of anilines is 1. The number of carbonyl (C=O) groups is 2. The molecule has 1 aliphatic heterocycles. The van der Waals surface area contributed by atoms with Crippen LogP contribution >= 0.6 is 0 Å². The number of nitrogens with two attached hydrogens (primary N) is 1. The summed E-state index contributed by atoms with van der Waals surface area (Å²) in [6.07, 6.45) is 1.47. The molecule has 8 heteroatoms. The quantitative estimate of drug-likeness (QED) is 0.793.